The molecule has 7 nitrogen and oxygen atoms in total. The van der Waals surface area contributed by atoms with Crippen LogP contribution in [0.5, 0.6) is 0 Å². The van der Waals surface area contributed by atoms with Crippen molar-refractivity contribution in [3.63, 3.8) is 0 Å². The molecule has 0 saturated carbocycles. The Balaban J connectivity index is 1.70. The fourth-order valence-electron chi connectivity index (χ4n) is 2.51. The third-order valence-corrected chi connectivity index (χ3v) is 8.69. The maximum atomic E-state index is 12.7. The first-order valence-corrected chi connectivity index (χ1v) is 12.4. The lowest BCUT2D eigenvalue weighted by Crippen LogP contribution is -2.16. The first-order valence-electron chi connectivity index (χ1n) is 8.30. The van der Waals surface area contributed by atoms with Crippen LogP contribution in [0.15, 0.2) is 54.6 Å². The Morgan fingerprint density at radius 3 is 2.52 bits per heavy atom. The molecule has 3 rings (SSSR count). The van der Waals surface area contributed by atoms with Gasteiger partial charge < -0.3 is 11.1 Å². The van der Waals surface area contributed by atoms with Gasteiger partial charge >= 0.3 is 0 Å². The van der Waals surface area contributed by atoms with E-state index in [1.165, 1.54) is 12.3 Å². The van der Waals surface area contributed by atoms with E-state index >= 15 is 0 Å². The molecule has 2 aromatic heterocycles. The Morgan fingerprint density at radius 2 is 1.93 bits per heavy atom. The zero-order chi connectivity index (χ0) is 21.2. The summed E-state index contributed by atoms with van der Waals surface area (Å²) in [5.74, 6) is -0.297. The molecule has 1 amide bonds. The van der Waals surface area contributed by atoms with E-state index < -0.39 is 9.84 Å². The number of carbonyl (C=O) groups excluding carboxylic acids is 1. The van der Waals surface area contributed by atoms with Crippen LogP contribution >= 0.6 is 39.0 Å². The molecule has 0 aliphatic heterocycles. The van der Waals surface area contributed by atoms with Gasteiger partial charge in [-0.1, -0.05) is 30.0 Å². The summed E-state index contributed by atoms with van der Waals surface area (Å²) in [6, 6.07) is 8.91. The number of anilines is 2. The monoisotopic (exact) mass is 512 g/mol. The molecule has 0 radical (unpaired) electrons. The lowest BCUT2D eigenvalue weighted by atomic mass is 10.1. The van der Waals surface area contributed by atoms with Gasteiger partial charge in [-0.25, -0.2) is 18.4 Å². The molecule has 0 unspecified atom stereocenters. The topological polar surface area (TPSA) is 115 Å². The molecule has 3 N–H and O–H groups in total. The number of aromatic nitrogens is 2. The number of carbonyl (C=O) groups is 1. The number of halogens is 1. The van der Waals surface area contributed by atoms with Gasteiger partial charge in [-0.3, -0.25) is 4.79 Å². The smallest absolute Gasteiger partial charge is 0.234 e. The zero-order valence-electron chi connectivity index (χ0n) is 15.5. The highest BCUT2D eigenvalue weighted by molar-refractivity contribution is 9.11. The summed E-state index contributed by atoms with van der Waals surface area (Å²) in [6.07, 6.45) is 1.18. The lowest BCUT2D eigenvalue weighted by Gasteiger charge is -2.11. The Kier molecular flexibility index (Phi) is 6.62. The fourth-order valence-corrected chi connectivity index (χ4v) is 6.53. The van der Waals surface area contributed by atoms with Crippen molar-refractivity contribution >= 4 is 66.3 Å². The first kappa shape index (κ1) is 21.8. The number of hydrogen-bond acceptors (Lipinski definition) is 8. The number of thioether (sulfide) groups is 1. The van der Waals surface area contributed by atoms with Gasteiger partial charge in [-0.2, -0.15) is 0 Å². The molecule has 0 aliphatic carbocycles. The van der Waals surface area contributed by atoms with Crippen LogP contribution in [0.25, 0.3) is 0 Å². The van der Waals surface area contributed by atoms with Crippen molar-refractivity contribution in [1.29, 1.82) is 0 Å². The maximum absolute atomic E-state index is 12.7. The van der Waals surface area contributed by atoms with Crippen molar-refractivity contribution in [2.24, 2.45) is 0 Å². The highest BCUT2D eigenvalue weighted by Crippen LogP contribution is 2.32. The van der Waals surface area contributed by atoms with Crippen LogP contribution < -0.4 is 11.1 Å². The van der Waals surface area contributed by atoms with Gasteiger partial charge in [0.05, 0.1) is 15.7 Å². The predicted octanol–water partition coefficient (Wildman–Crippen LogP) is 4.06. The number of sulfone groups is 1. The molecule has 152 valence electrons. The van der Waals surface area contributed by atoms with Crippen molar-refractivity contribution < 1.29 is 13.2 Å². The molecule has 0 fully saturated rings. The molecule has 0 bridgehead atoms. The minimum Gasteiger partial charge on any atom is -0.382 e. The molecule has 0 atom stereocenters. The second kappa shape index (κ2) is 8.82. The van der Waals surface area contributed by atoms with Gasteiger partial charge in [0, 0.05) is 5.69 Å². The van der Waals surface area contributed by atoms with Crippen molar-refractivity contribution in [2.75, 3.05) is 16.8 Å². The summed E-state index contributed by atoms with van der Waals surface area (Å²) < 4.78 is 26.2. The lowest BCUT2D eigenvalue weighted by molar-refractivity contribution is -0.113. The van der Waals surface area contributed by atoms with E-state index in [2.05, 4.69) is 31.2 Å². The number of nitrogens with zero attached hydrogens (tertiary/aromatic N) is 2. The van der Waals surface area contributed by atoms with Crippen LogP contribution in [-0.2, 0) is 14.6 Å². The minimum absolute atomic E-state index is 0.0666. The van der Waals surface area contributed by atoms with Gasteiger partial charge in [0.25, 0.3) is 0 Å². The molecule has 3 aromatic rings. The van der Waals surface area contributed by atoms with Gasteiger partial charge in [-0.15, -0.1) is 11.3 Å². The number of aryl methyl sites for hydroxylation is 2. The van der Waals surface area contributed by atoms with E-state index in [1.807, 2.05) is 32.0 Å². The van der Waals surface area contributed by atoms with E-state index in [-0.39, 0.29) is 31.7 Å². The number of hydrogen-bond donors (Lipinski definition) is 2. The molecule has 0 spiro atoms. The van der Waals surface area contributed by atoms with Crippen molar-refractivity contribution in [3.8, 4) is 0 Å². The summed E-state index contributed by atoms with van der Waals surface area (Å²) in [7, 11) is -3.80. The summed E-state index contributed by atoms with van der Waals surface area (Å²) in [6.45, 7) is 3.84. The van der Waals surface area contributed by atoms with E-state index in [9.17, 15) is 13.2 Å². The highest BCUT2D eigenvalue weighted by Gasteiger charge is 2.24. The Morgan fingerprint density at radius 1 is 1.24 bits per heavy atom. The van der Waals surface area contributed by atoms with Crippen LogP contribution in [0, 0.1) is 13.8 Å². The Labute approximate surface area is 185 Å². The Hall–Kier alpha value is -1.95. The predicted molar refractivity (Wildman–Crippen MR) is 119 cm³/mol. The van der Waals surface area contributed by atoms with Gasteiger partial charge in [0.1, 0.15) is 14.9 Å². The normalized spacial score (nSPS) is 11.4. The van der Waals surface area contributed by atoms with Crippen LogP contribution in [0.3, 0.4) is 0 Å². The van der Waals surface area contributed by atoms with Gasteiger partial charge in [0.2, 0.25) is 15.7 Å². The molecule has 29 heavy (non-hydrogen) atoms. The SMILES string of the molecule is Cc1cccc(C)c1NC(=O)CSc1ncc(S(=O)(=O)c2ccc(Br)s2)c(N)n1. The number of para-hydroxylation sites is 1. The van der Waals surface area contributed by atoms with Gasteiger partial charge in [-0.05, 0) is 53.0 Å². The second-order valence-electron chi connectivity index (χ2n) is 6.07. The number of amides is 1. The molecule has 0 aliphatic rings. The van der Waals surface area contributed by atoms with Crippen LogP contribution in [0.1, 0.15) is 11.1 Å². The highest BCUT2D eigenvalue weighted by atomic mass is 79.9. The molecule has 0 saturated heterocycles. The van der Waals surface area contributed by atoms with Gasteiger partial charge in [0.15, 0.2) is 5.16 Å². The number of thiophene rings is 1. The number of rotatable bonds is 6. The average Bonchev–Trinajstić information content (AvgIpc) is 3.10. The first-order chi connectivity index (χ1) is 13.7. The van der Waals surface area contributed by atoms with Crippen molar-refractivity contribution in [3.05, 3.63) is 51.4 Å². The third kappa shape index (κ3) is 4.97. The molecular weight excluding hydrogens is 496 g/mol. The molecule has 2 heterocycles. The Bertz CT molecular complexity index is 1160. The van der Waals surface area contributed by atoms with Crippen molar-refractivity contribution in [2.45, 2.75) is 28.1 Å². The number of nitrogens with two attached hydrogens (primary N) is 1. The summed E-state index contributed by atoms with van der Waals surface area (Å²) >= 11 is 5.40. The average molecular weight is 513 g/mol. The van der Waals surface area contributed by atoms with E-state index in [0.29, 0.717) is 3.79 Å². The van der Waals surface area contributed by atoms with Crippen molar-refractivity contribution in [1.82, 2.24) is 9.97 Å². The molecule has 1 aromatic carbocycles. The fraction of sp³-hybridized carbons (Fsp3) is 0.167. The standard InChI is InChI=1S/C18H17BrN4O3S3/c1-10-4-3-5-11(2)16(10)22-14(24)9-27-18-21-8-12(17(20)23-18)29(25,26)15-7-6-13(19)28-15/h3-8H,9H2,1-2H3,(H,22,24)(H2,20,21,23). The summed E-state index contributed by atoms with van der Waals surface area (Å²) in [4.78, 5) is 20.2. The summed E-state index contributed by atoms with van der Waals surface area (Å²) in [5.41, 5.74) is 8.59. The minimum atomic E-state index is -3.80. The quantitative estimate of drug-likeness (QED) is 0.377. The van der Waals surface area contributed by atoms with E-state index in [0.717, 1.165) is 39.9 Å². The third-order valence-electron chi connectivity index (χ3n) is 3.94. The largest absolute Gasteiger partial charge is 0.382 e. The van der Waals surface area contributed by atoms with E-state index in [4.69, 9.17) is 5.73 Å². The molecular formula is C18H17BrN4O3S3. The molecule has 11 heteroatoms. The second-order valence-corrected chi connectivity index (χ2v) is 11.6. The van der Waals surface area contributed by atoms with Crippen LogP contribution in [0.2, 0.25) is 0 Å². The number of benzene rings is 1. The van der Waals surface area contributed by atoms with E-state index in [1.54, 1.807) is 6.07 Å². The number of nitrogen functional groups attached to an aromatic ring is 1. The summed E-state index contributed by atoms with van der Waals surface area (Å²) in [5, 5.41) is 3.10. The van der Waals surface area contributed by atoms with Crippen LogP contribution in [0.4, 0.5) is 11.5 Å². The van der Waals surface area contributed by atoms with Crippen LogP contribution in [-0.4, -0.2) is 30.0 Å². The maximum Gasteiger partial charge on any atom is 0.234 e. The zero-order valence-corrected chi connectivity index (χ0v) is 19.5. The number of nitrogens with one attached hydrogen (secondary N) is 1.